The maximum atomic E-state index is 11.4. The third kappa shape index (κ3) is 5.92. The van der Waals surface area contributed by atoms with Crippen LogP contribution < -0.4 is 4.80 Å². The summed E-state index contributed by atoms with van der Waals surface area (Å²) in [5, 5.41) is 44.8. The predicted octanol–water partition coefficient (Wildman–Crippen LogP) is 9.04. The maximum Gasteiger partial charge on any atom is 0.215 e. The monoisotopic (exact) mass is 689 g/mol. The van der Waals surface area contributed by atoms with E-state index in [9.17, 15) is 15.3 Å². The molecule has 6 nitrogen and oxygen atoms in total. The van der Waals surface area contributed by atoms with Gasteiger partial charge in [-0.15, -0.1) is 16.4 Å². The molecule has 5 aromatic rings. The van der Waals surface area contributed by atoms with Crippen molar-refractivity contribution in [3.05, 3.63) is 128 Å². The van der Waals surface area contributed by atoms with Gasteiger partial charge < -0.3 is 15.3 Å². The number of nitrogens with zero attached hydrogens (tertiary/aromatic N) is 3. The predicted molar refractivity (Wildman–Crippen MR) is 197 cm³/mol. The quantitative estimate of drug-likeness (QED) is 0.123. The van der Waals surface area contributed by atoms with Crippen LogP contribution >= 0.6 is 22.9 Å². The van der Waals surface area contributed by atoms with Gasteiger partial charge in [0.2, 0.25) is 4.80 Å². The zero-order chi connectivity index (χ0) is 33.7. The number of benzene rings is 4. The van der Waals surface area contributed by atoms with Crippen LogP contribution in [0.3, 0.4) is 0 Å². The number of aliphatic hydroxyl groups is 1. The molecule has 8 heteroatoms. The van der Waals surface area contributed by atoms with Gasteiger partial charge >= 0.3 is 0 Å². The molecule has 0 unspecified atom stereocenters. The average molecular weight is 690 g/mol. The number of halogens is 1. The lowest BCUT2D eigenvalue weighted by atomic mass is 9.55. The molecule has 5 atom stereocenters. The number of aliphatic hydroxyl groups excluding tert-OH is 1. The van der Waals surface area contributed by atoms with Crippen LogP contribution in [0.5, 0.6) is 11.5 Å². The van der Waals surface area contributed by atoms with Crippen molar-refractivity contribution in [2.24, 2.45) is 27.5 Å². The van der Waals surface area contributed by atoms with Gasteiger partial charge in [-0.05, 0) is 139 Å². The Labute approximate surface area is 295 Å². The molecule has 0 aliphatic heterocycles. The molecule has 0 spiro atoms. The second kappa shape index (κ2) is 12.9. The second-order valence-corrected chi connectivity index (χ2v) is 15.5. The van der Waals surface area contributed by atoms with Crippen LogP contribution in [0.4, 0.5) is 0 Å². The van der Waals surface area contributed by atoms with Crippen molar-refractivity contribution >= 4 is 28.6 Å². The molecule has 250 valence electrons. The lowest BCUT2D eigenvalue weighted by Crippen LogP contribution is -2.43. The summed E-state index contributed by atoms with van der Waals surface area (Å²) in [6, 6.07) is 29.1. The average Bonchev–Trinajstić information content (AvgIpc) is 3.68. The second-order valence-electron chi connectivity index (χ2n) is 14.2. The summed E-state index contributed by atoms with van der Waals surface area (Å²) >= 11 is 7.76. The van der Waals surface area contributed by atoms with Crippen molar-refractivity contribution < 1.29 is 15.3 Å². The number of hydrogen-bond donors (Lipinski definition) is 3. The molecule has 2 saturated carbocycles. The molecule has 0 radical (unpaired) electrons. The molecule has 0 saturated heterocycles. The van der Waals surface area contributed by atoms with Gasteiger partial charge in [0.05, 0.1) is 17.5 Å². The van der Waals surface area contributed by atoms with Crippen molar-refractivity contribution in [2.75, 3.05) is 0 Å². The summed E-state index contributed by atoms with van der Waals surface area (Å²) in [6.45, 7) is 2.31. The number of aryl methyl sites for hydroxylation is 1. The molecule has 8 rings (SSSR count). The van der Waals surface area contributed by atoms with Crippen molar-refractivity contribution in [3.63, 3.8) is 0 Å². The summed E-state index contributed by atoms with van der Waals surface area (Å²) in [5.74, 6) is 1.99. The lowest BCUT2D eigenvalue weighted by molar-refractivity contribution is -0.0226. The van der Waals surface area contributed by atoms with Crippen molar-refractivity contribution in [3.8, 4) is 28.4 Å². The molecule has 49 heavy (non-hydrogen) atoms. The smallest absolute Gasteiger partial charge is 0.215 e. The number of aromatic hydroxyl groups is 2. The van der Waals surface area contributed by atoms with Crippen molar-refractivity contribution in [1.82, 2.24) is 4.57 Å². The van der Waals surface area contributed by atoms with E-state index in [0.29, 0.717) is 39.7 Å². The van der Waals surface area contributed by atoms with Crippen LogP contribution in [-0.4, -0.2) is 31.7 Å². The zero-order valence-corrected chi connectivity index (χ0v) is 29.0. The van der Waals surface area contributed by atoms with Gasteiger partial charge in [-0.2, -0.15) is 5.10 Å². The third-order valence-corrected chi connectivity index (χ3v) is 12.6. The lowest BCUT2D eigenvalue weighted by Gasteiger charge is -2.50. The van der Waals surface area contributed by atoms with Crippen molar-refractivity contribution in [1.29, 1.82) is 0 Å². The topological polar surface area (TPSA) is 90.3 Å². The number of aromatic nitrogens is 1. The minimum Gasteiger partial charge on any atom is -0.508 e. The van der Waals surface area contributed by atoms with Crippen LogP contribution in [-0.2, 0) is 12.8 Å². The molecule has 0 bridgehead atoms. The van der Waals surface area contributed by atoms with E-state index >= 15 is 0 Å². The highest BCUT2D eigenvalue weighted by Gasteiger charge is 2.54. The summed E-state index contributed by atoms with van der Waals surface area (Å²) in [6.07, 6.45) is 6.35. The number of thiazole rings is 1. The van der Waals surface area contributed by atoms with E-state index in [-0.39, 0.29) is 23.0 Å². The summed E-state index contributed by atoms with van der Waals surface area (Å²) in [5.41, 5.74) is 7.92. The Hall–Kier alpha value is -4.17. The highest BCUT2D eigenvalue weighted by molar-refractivity contribution is 7.07. The first-order valence-corrected chi connectivity index (χ1v) is 18.5. The number of hydrogen-bond acceptors (Lipinski definition) is 6. The first-order valence-electron chi connectivity index (χ1n) is 17.2. The standard InChI is InChI=1S/C41H40ClN3O3S/c1-41-20-19-32-33(35(41)17-18-39(41)48)16-9-27-23-38(47)28(21-34(27)32)22-36(25-7-14-31(46)15-8-25)43-44-40-45(30-12-10-29(42)11-13-30)37(24-49-40)26-5-3-2-4-6-26/h2-8,10-15,21,23-24,32-33,35,39,46-48H,9,16-20,22H2,1H3/b43-36+,44-40+/t32-,33+,35-,39-,41-/m0/s1. The normalized spacial score (nSPS) is 25.1. The molecule has 2 fully saturated rings. The van der Waals surface area contributed by atoms with E-state index in [2.05, 4.69) is 35.1 Å². The molecule has 3 N–H and O–H groups in total. The Kier molecular flexibility index (Phi) is 8.47. The summed E-state index contributed by atoms with van der Waals surface area (Å²) in [7, 11) is 0. The highest BCUT2D eigenvalue weighted by Crippen LogP contribution is 2.61. The van der Waals surface area contributed by atoms with Crippen LogP contribution in [0.2, 0.25) is 5.02 Å². The number of phenolic OH excluding ortho intramolecular Hbond substituents is 2. The van der Waals surface area contributed by atoms with Gasteiger partial charge in [-0.3, -0.25) is 4.57 Å². The molecular formula is C41H40ClN3O3S. The number of fused-ring (bicyclic) bond motifs is 5. The summed E-state index contributed by atoms with van der Waals surface area (Å²) in [4.78, 5) is 0.693. The number of rotatable bonds is 6. The van der Waals surface area contributed by atoms with Crippen LogP contribution in [0.25, 0.3) is 16.9 Å². The SMILES string of the molecule is C[C@]12CC[C@@H]3c4cc(C/C(=N\N=c5\scc(-c6ccccc6)n5-c5ccc(Cl)cc5)c5ccc(O)cc5)c(O)cc4CC[C@H]3[C@@H]1CC[C@@H]2O. The van der Waals surface area contributed by atoms with Gasteiger partial charge in [0.15, 0.2) is 0 Å². The fourth-order valence-electron chi connectivity index (χ4n) is 8.93. The van der Waals surface area contributed by atoms with Crippen molar-refractivity contribution in [2.45, 2.75) is 63.9 Å². The fraction of sp³-hybridized carbons (Fsp3) is 0.317. The third-order valence-electron chi connectivity index (χ3n) is 11.6. The molecule has 1 aromatic heterocycles. The van der Waals surface area contributed by atoms with E-state index in [4.69, 9.17) is 21.8 Å². The maximum absolute atomic E-state index is 11.4. The molecule has 3 aliphatic carbocycles. The minimum absolute atomic E-state index is 0.0175. The Morgan fingerprint density at radius 3 is 2.49 bits per heavy atom. The van der Waals surface area contributed by atoms with Crippen LogP contribution in [0.1, 0.15) is 67.2 Å². The minimum atomic E-state index is -0.200. The van der Waals surface area contributed by atoms with Crippen LogP contribution in [0, 0.1) is 17.3 Å². The largest absolute Gasteiger partial charge is 0.508 e. The van der Waals surface area contributed by atoms with E-state index in [1.165, 1.54) is 22.5 Å². The highest BCUT2D eigenvalue weighted by atomic mass is 35.5. The fourth-order valence-corrected chi connectivity index (χ4v) is 9.91. The Bertz CT molecular complexity index is 2090. The van der Waals surface area contributed by atoms with Gasteiger partial charge in [-0.25, -0.2) is 0 Å². The summed E-state index contributed by atoms with van der Waals surface area (Å²) < 4.78 is 2.08. The Balaban J connectivity index is 1.20. The van der Waals surface area contributed by atoms with E-state index in [1.807, 2.05) is 60.7 Å². The van der Waals surface area contributed by atoms with Gasteiger partial charge in [0.25, 0.3) is 0 Å². The van der Waals surface area contributed by atoms with Crippen LogP contribution in [0.15, 0.2) is 107 Å². The first-order chi connectivity index (χ1) is 23.8. The Morgan fingerprint density at radius 1 is 0.939 bits per heavy atom. The molecule has 3 aliphatic rings. The molecule has 0 amide bonds. The van der Waals surface area contributed by atoms with E-state index in [0.717, 1.165) is 66.6 Å². The molecule has 1 heterocycles. The molecular weight excluding hydrogens is 650 g/mol. The van der Waals surface area contributed by atoms with Gasteiger partial charge in [0.1, 0.15) is 11.5 Å². The van der Waals surface area contributed by atoms with Gasteiger partial charge in [0, 0.05) is 28.1 Å². The number of phenols is 2. The first kappa shape index (κ1) is 32.1. The zero-order valence-electron chi connectivity index (χ0n) is 27.5. The van der Waals surface area contributed by atoms with Gasteiger partial charge in [-0.1, -0.05) is 54.9 Å². The van der Waals surface area contributed by atoms with E-state index < -0.39 is 0 Å². The molecule has 4 aromatic carbocycles. The van der Waals surface area contributed by atoms with E-state index in [1.54, 1.807) is 12.1 Å². The Morgan fingerprint density at radius 2 is 1.71 bits per heavy atom.